The summed E-state index contributed by atoms with van der Waals surface area (Å²) in [5.74, 6) is 1.70. The second-order valence-electron chi connectivity index (χ2n) is 5.43. The molecule has 0 aromatic rings. The van der Waals surface area contributed by atoms with Gasteiger partial charge >= 0.3 is 15.5 Å². The first-order chi connectivity index (χ1) is 11.2. The molecule has 0 amide bonds. The van der Waals surface area contributed by atoms with E-state index >= 15 is 0 Å². The molecule has 0 radical (unpaired) electrons. The van der Waals surface area contributed by atoms with Crippen molar-refractivity contribution in [2.45, 2.75) is 25.3 Å². The first-order valence-corrected chi connectivity index (χ1v) is 10.6. The fraction of sp³-hybridized carbons (Fsp3) is 0.923. The quantitative estimate of drug-likeness (QED) is 0.391. The van der Waals surface area contributed by atoms with Crippen molar-refractivity contribution in [2.75, 3.05) is 44.7 Å². The van der Waals surface area contributed by atoms with Gasteiger partial charge in [0.05, 0.1) is 0 Å². The molecular weight excluding hydrogens is 365 g/mol. The van der Waals surface area contributed by atoms with Crippen LogP contribution >= 0.6 is 11.8 Å². The second-order valence-corrected chi connectivity index (χ2v) is 8.35. The Morgan fingerprint density at radius 1 is 1.29 bits per heavy atom. The van der Waals surface area contributed by atoms with E-state index in [4.69, 9.17) is 0 Å². The number of nitrogens with zero attached hydrogens (tertiary/aromatic N) is 2. The van der Waals surface area contributed by atoms with Crippen molar-refractivity contribution in [3.8, 4) is 0 Å². The van der Waals surface area contributed by atoms with Crippen molar-refractivity contribution in [2.24, 2.45) is 10.9 Å². The van der Waals surface area contributed by atoms with Gasteiger partial charge in [-0.2, -0.15) is 29.2 Å². The van der Waals surface area contributed by atoms with Crippen LogP contribution in [0, 0.1) is 5.92 Å². The zero-order chi connectivity index (χ0) is 18.2. The van der Waals surface area contributed by atoms with Crippen molar-refractivity contribution >= 4 is 27.7 Å². The maximum atomic E-state index is 12.5. The van der Waals surface area contributed by atoms with Crippen LogP contribution in [-0.4, -0.2) is 68.9 Å². The molecule has 142 valence electrons. The van der Waals surface area contributed by atoms with Crippen molar-refractivity contribution in [1.82, 2.24) is 14.9 Å². The summed E-state index contributed by atoms with van der Waals surface area (Å²) < 4.78 is 60.8. The van der Waals surface area contributed by atoms with E-state index in [1.54, 1.807) is 11.8 Å². The smallest absolute Gasteiger partial charge is 0.357 e. The normalized spacial score (nSPS) is 18.6. The number of thioether (sulfide) groups is 1. The fourth-order valence-corrected chi connectivity index (χ4v) is 3.60. The molecule has 1 rings (SSSR count). The monoisotopic (exact) mass is 390 g/mol. The molecule has 11 heteroatoms. The number of rotatable bonds is 7. The van der Waals surface area contributed by atoms with Gasteiger partial charge in [-0.1, -0.05) is 0 Å². The average molecular weight is 390 g/mol. The Bertz CT molecular complexity index is 504. The van der Waals surface area contributed by atoms with Gasteiger partial charge in [-0.25, -0.2) is 8.42 Å². The molecular formula is C13H25F3N4O2S2. The summed E-state index contributed by atoms with van der Waals surface area (Å²) in [6.07, 6.45) is 2.76. The number of hydrogen-bond donors (Lipinski definition) is 2. The predicted molar refractivity (Wildman–Crippen MR) is 91.6 cm³/mol. The van der Waals surface area contributed by atoms with E-state index in [2.05, 4.69) is 15.6 Å². The maximum Gasteiger partial charge on any atom is 0.511 e. The Morgan fingerprint density at radius 3 is 2.42 bits per heavy atom. The fourth-order valence-electron chi connectivity index (χ4n) is 2.31. The lowest BCUT2D eigenvalue weighted by Crippen LogP contribution is -2.45. The van der Waals surface area contributed by atoms with Crippen LogP contribution in [0.4, 0.5) is 13.2 Å². The van der Waals surface area contributed by atoms with Crippen LogP contribution in [0.5, 0.6) is 0 Å². The molecule has 0 aromatic carbocycles. The summed E-state index contributed by atoms with van der Waals surface area (Å²) in [6.45, 7) is 3.68. The Balaban J connectivity index is 2.51. The Labute approximate surface area is 145 Å². The molecule has 24 heavy (non-hydrogen) atoms. The summed E-state index contributed by atoms with van der Waals surface area (Å²) in [5.41, 5.74) is -5.22. The first kappa shape index (κ1) is 21.4. The minimum atomic E-state index is -5.22. The summed E-state index contributed by atoms with van der Waals surface area (Å²) >= 11 is 1.71. The lowest BCUT2D eigenvalue weighted by molar-refractivity contribution is -0.0496. The zero-order valence-electron chi connectivity index (χ0n) is 13.9. The Hall–Kier alpha value is -0.680. The molecule has 0 aromatic heterocycles. The third-order valence-corrected chi connectivity index (χ3v) is 5.90. The lowest BCUT2D eigenvalue weighted by atomic mass is 9.98. The van der Waals surface area contributed by atoms with Crippen LogP contribution in [0.3, 0.4) is 0 Å². The largest absolute Gasteiger partial charge is 0.511 e. The third kappa shape index (κ3) is 6.32. The summed E-state index contributed by atoms with van der Waals surface area (Å²) in [7, 11) is -5.21. The molecule has 1 aliphatic rings. The topological polar surface area (TPSA) is 73.8 Å². The molecule has 0 spiro atoms. The lowest BCUT2D eigenvalue weighted by Gasteiger charge is -2.30. The molecule has 0 unspecified atom stereocenters. The third-order valence-electron chi connectivity index (χ3n) is 3.66. The van der Waals surface area contributed by atoms with Gasteiger partial charge < -0.3 is 10.6 Å². The summed E-state index contributed by atoms with van der Waals surface area (Å²) in [5, 5.41) is 6.29. The van der Waals surface area contributed by atoms with E-state index in [-0.39, 0.29) is 19.0 Å². The number of alkyl halides is 3. The van der Waals surface area contributed by atoms with Crippen LogP contribution in [0.25, 0.3) is 0 Å². The maximum absolute atomic E-state index is 12.5. The zero-order valence-corrected chi connectivity index (χ0v) is 15.5. The molecule has 6 nitrogen and oxygen atoms in total. The molecule has 0 saturated carbocycles. The van der Waals surface area contributed by atoms with Crippen molar-refractivity contribution in [1.29, 1.82) is 0 Å². The summed E-state index contributed by atoms with van der Waals surface area (Å²) in [6, 6.07) is 0. The summed E-state index contributed by atoms with van der Waals surface area (Å²) in [4.78, 5) is 4.44. The number of guanidine groups is 1. The average Bonchev–Trinajstić information content (AvgIpc) is 2.52. The molecule has 2 N–H and O–H groups in total. The number of halogens is 3. The van der Waals surface area contributed by atoms with E-state index in [0.717, 1.165) is 12.3 Å². The molecule has 1 heterocycles. The SMILES string of the molecule is CCNC(=NCC1CCN(S(=O)(=O)C(F)(F)F)CC1)NCCSC. The van der Waals surface area contributed by atoms with Crippen molar-refractivity contribution in [3.63, 3.8) is 0 Å². The van der Waals surface area contributed by atoms with E-state index < -0.39 is 15.5 Å². The number of sulfonamides is 1. The van der Waals surface area contributed by atoms with Crippen molar-refractivity contribution in [3.05, 3.63) is 0 Å². The van der Waals surface area contributed by atoms with Crippen LogP contribution in [0.2, 0.25) is 0 Å². The minimum absolute atomic E-state index is 0.0840. The Kier molecular flexibility index (Phi) is 8.65. The van der Waals surface area contributed by atoms with E-state index in [1.165, 1.54) is 0 Å². The molecule has 0 aliphatic carbocycles. The molecule has 0 atom stereocenters. The molecule has 1 saturated heterocycles. The number of hydrogen-bond acceptors (Lipinski definition) is 4. The minimum Gasteiger partial charge on any atom is -0.357 e. The van der Waals surface area contributed by atoms with Gasteiger partial charge in [0, 0.05) is 38.5 Å². The van der Waals surface area contributed by atoms with Crippen LogP contribution in [0.15, 0.2) is 4.99 Å². The van der Waals surface area contributed by atoms with Gasteiger partial charge in [0.1, 0.15) is 0 Å². The standard InChI is InChI=1S/C13H25F3N4O2S2/c1-3-17-12(18-6-9-23-2)19-10-11-4-7-20(8-5-11)24(21,22)13(14,15)16/h11H,3-10H2,1-2H3,(H2,17,18,19). The molecule has 1 fully saturated rings. The molecule has 1 aliphatic heterocycles. The van der Waals surface area contributed by atoms with Crippen molar-refractivity contribution < 1.29 is 21.6 Å². The van der Waals surface area contributed by atoms with Gasteiger partial charge in [0.15, 0.2) is 5.96 Å². The van der Waals surface area contributed by atoms with Gasteiger partial charge in [0.2, 0.25) is 0 Å². The van der Waals surface area contributed by atoms with Gasteiger partial charge in [0.25, 0.3) is 0 Å². The molecule has 0 bridgehead atoms. The van der Waals surface area contributed by atoms with Crippen LogP contribution in [0.1, 0.15) is 19.8 Å². The highest BCUT2D eigenvalue weighted by Crippen LogP contribution is 2.30. The van der Waals surface area contributed by atoms with E-state index in [0.29, 0.717) is 36.2 Å². The predicted octanol–water partition coefficient (Wildman–Crippen LogP) is 1.47. The highest BCUT2D eigenvalue weighted by Gasteiger charge is 2.50. The van der Waals surface area contributed by atoms with Gasteiger partial charge in [-0.15, -0.1) is 0 Å². The van der Waals surface area contributed by atoms with E-state index in [1.807, 2.05) is 13.2 Å². The number of piperidine rings is 1. The van der Waals surface area contributed by atoms with E-state index in [9.17, 15) is 21.6 Å². The highest BCUT2D eigenvalue weighted by atomic mass is 32.2. The van der Waals surface area contributed by atoms with Gasteiger partial charge in [-0.3, -0.25) is 4.99 Å². The highest BCUT2D eigenvalue weighted by molar-refractivity contribution is 7.98. The van der Waals surface area contributed by atoms with Crippen LogP contribution < -0.4 is 10.6 Å². The second kappa shape index (κ2) is 9.71. The Morgan fingerprint density at radius 2 is 1.92 bits per heavy atom. The number of aliphatic imine (C=N–C) groups is 1. The van der Waals surface area contributed by atoms with Gasteiger partial charge in [-0.05, 0) is 31.9 Å². The first-order valence-electron chi connectivity index (χ1n) is 7.80. The van der Waals surface area contributed by atoms with Crippen LogP contribution in [-0.2, 0) is 10.0 Å². The number of nitrogens with one attached hydrogen (secondary N) is 2.